The largest absolute Gasteiger partial charge is 0.387 e. The van der Waals surface area contributed by atoms with E-state index in [1.165, 1.54) is 0 Å². The molecule has 2 atom stereocenters. The number of aliphatic hydroxyl groups excluding tert-OH is 1. The minimum Gasteiger partial charge on any atom is -0.387 e. The highest BCUT2D eigenvalue weighted by Crippen LogP contribution is 2.24. The summed E-state index contributed by atoms with van der Waals surface area (Å²) in [7, 11) is 0. The van der Waals surface area contributed by atoms with Gasteiger partial charge < -0.3 is 10.8 Å². The van der Waals surface area contributed by atoms with Crippen molar-refractivity contribution in [1.82, 2.24) is 0 Å². The van der Waals surface area contributed by atoms with Crippen molar-refractivity contribution in [2.24, 2.45) is 5.73 Å². The fraction of sp³-hybridized carbons (Fsp3) is 0.500. The minimum atomic E-state index is -0.541. The molecule has 2 nitrogen and oxygen atoms in total. The molecule has 0 saturated carbocycles. The number of aliphatic hydroxyl groups is 1. The maximum Gasteiger partial charge on any atom is 0.0945 e. The molecule has 14 heavy (non-hydrogen) atoms. The second-order valence-corrected chi connectivity index (χ2v) is 3.82. The first kappa shape index (κ1) is 11.2. The van der Waals surface area contributed by atoms with Crippen molar-refractivity contribution in [3.8, 4) is 0 Å². The summed E-state index contributed by atoms with van der Waals surface area (Å²) in [5, 5.41) is 10.0. The fourth-order valence-corrected chi connectivity index (χ4v) is 1.73. The lowest BCUT2D eigenvalue weighted by Gasteiger charge is -2.21. The Morgan fingerprint density at radius 1 is 1.29 bits per heavy atom. The Hall–Kier alpha value is -0.860. The van der Waals surface area contributed by atoms with Gasteiger partial charge in [0.25, 0.3) is 0 Å². The van der Waals surface area contributed by atoms with E-state index in [4.69, 9.17) is 5.73 Å². The SMILES string of the molecule is CCC(N)C(O)c1c(C)cccc1C. The van der Waals surface area contributed by atoms with E-state index in [-0.39, 0.29) is 6.04 Å². The molecule has 0 bridgehead atoms. The van der Waals surface area contributed by atoms with Gasteiger partial charge in [-0.1, -0.05) is 25.1 Å². The molecule has 0 amide bonds. The van der Waals surface area contributed by atoms with E-state index < -0.39 is 6.10 Å². The molecule has 0 heterocycles. The van der Waals surface area contributed by atoms with Gasteiger partial charge in [-0.3, -0.25) is 0 Å². The molecule has 0 spiro atoms. The summed E-state index contributed by atoms with van der Waals surface area (Å²) < 4.78 is 0. The highest BCUT2D eigenvalue weighted by molar-refractivity contribution is 5.35. The van der Waals surface area contributed by atoms with Crippen LogP contribution in [0.5, 0.6) is 0 Å². The number of hydrogen-bond donors (Lipinski definition) is 2. The van der Waals surface area contributed by atoms with Crippen LogP contribution in [0.4, 0.5) is 0 Å². The van der Waals surface area contributed by atoms with Crippen molar-refractivity contribution in [2.75, 3.05) is 0 Å². The topological polar surface area (TPSA) is 46.2 Å². The Bertz CT molecular complexity index is 289. The highest BCUT2D eigenvalue weighted by atomic mass is 16.3. The van der Waals surface area contributed by atoms with Gasteiger partial charge in [-0.15, -0.1) is 0 Å². The predicted octanol–water partition coefficient (Wildman–Crippen LogP) is 2.07. The van der Waals surface area contributed by atoms with Crippen LogP contribution in [-0.2, 0) is 0 Å². The molecule has 2 unspecified atom stereocenters. The minimum absolute atomic E-state index is 0.171. The van der Waals surface area contributed by atoms with E-state index in [9.17, 15) is 5.11 Å². The first-order chi connectivity index (χ1) is 6.57. The van der Waals surface area contributed by atoms with Crippen LogP contribution in [0.2, 0.25) is 0 Å². The molecule has 2 heteroatoms. The lowest BCUT2D eigenvalue weighted by atomic mass is 9.93. The van der Waals surface area contributed by atoms with E-state index in [0.717, 1.165) is 23.1 Å². The van der Waals surface area contributed by atoms with Crippen LogP contribution >= 0.6 is 0 Å². The van der Waals surface area contributed by atoms with Crippen molar-refractivity contribution in [3.63, 3.8) is 0 Å². The van der Waals surface area contributed by atoms with E-state index >= 15 is 0 Å². The Labute approximate surface area is 85.8 Å². The van der Waals surface area contributed by atoms with Gasteiger partial charge in [0.2, 0.25) is 0 Å². The van der Waals surface area contributed by atoms with Gasteiger partial charge in [0.15, 0.2) is 0 Å². The molecular weight excluding hydrogens is 174 g/mol. The van der Waals surface area contributed by atoms with Crippen molar-refractivity contribution in [1.29, 1.82) is 0 Å². The van der Waals surface area contributed by atoms with Gasteiger partial charge in [-0.05, 0) is 37.0 Å². The van der Waals surface area contributed by atoms with E-state index in [1.54, 1.807) is 0 Å². The fourth-order valence-electron chi connectivity index (χ4n) is 1.73. The lowest BCUT2D eigenvalue weighted by Crippen LogP contribution is -2.28. The third kappa shape index (κ3) is 2.14. The molecule has 0 aromatic heterocycles. The summed E-state index contributed by atoms with van der Waals surface area (Å²) in [6.45, 7) is 6.00. The zero-order chi connectivity index (χ0) is 10.7. The number of nitrogens with two attached hydrogens (primary N) is 1. The van der Waals surface area contributed by atoms with Crippen LogP contribution < -0.4 is 5.73 Å². The summed E-state index contributed by atoms with van der Waals surface area (Å²) >= 11 is 0. The molecular formula is C12H19NO. The molecule has 0 saturated heterocycles. The molecule has 0 aliphatic heterocycles. The van der Waals surface area contributed by atoms with Crippen LogP contribution in [0.3, 0.4) is 0 Å². The van der Waals surface area contributed by atoms with E-state index in [1.807, 2.05) is 39.0 Å². The van der Waals surface area contributed by atoms with Crippen LogP contribution in [0, 0.1) is 13.8 Å². The van der Waals surface area contributed by atoms with Gasteiger partial charge in [-0.2, -0.15) is 0 Å². The van der Waals surface area contributed by atoms with Crippen LogP contribution in [0.15, 0.2) is 18.2 Å². The molecule has 0 radical (unpaired) electrons. The van der Waals surface area contributed by atoms with Crippen molar-refractivity contribution >= 4 is 0 Å². The van der Waals surface area contributed by atoms with Gasteiger partial charge in [0.1, 0.15) is 0 Å². The molecule has 0 fully saturated rings. The normalized spacial score (nSPS) is 15.2. The number of hydrogen-bond acceptors (Lipinski definition) is 2. The van der Waals surface area contributed by atoms with E-state index in [0.29, 0.717) is 0 Å². The maximum absolute atomic E-state index is 10.0. The lowest BCUT2D eigenvalue weighted by molar-refractivity contribution is 0.143. The Kier molecular flexibility index (Phi) is 3.67. The van der Waals surface area contributed by atoms with Crippen LogP contribution in [-0.4, -0.2) is 11.1 Å². The second-order valence-electron chi connectivity index (χ2n) is 3.82. The van der Waals surface area contributed by atoms with Crippen molar-refractivity contribution < 1.29 is 5.11 Å². The van der Waals surface area contributed by atoms with Crippen molar-refractivity contribution in [2.45, 2.75) is 39.3 Å². The molecule has 1 aromatic rings. The third-order valence-electron chi connectivity index (χ3n) is 2.71. The molecule has 3 N–H and O–H groups in total. The molecule has 0 aliphatic carbocycles. The first-order valence-corrected chi connectivity index (χ1v) is 5.07. The van der Waals surface area contributed by atoms with Gasteiger partial charge >= 0.3 is 0 Å². The predicted molar refractivity (Wildman–Crippen MR) is 59.1 cm³/mol. The smallest absolute Gasteiger partial charge is 0.0945 e. The van der Waals surface area contributed by atoms with Crippen LogP contribution in [0.1, 0.15) is 36.1 Å². The Balaban J connectivity index is 3.05. The summed E-state index contributed by atoms with van der Waals surface area (Å²) in [4.78, 5) is 0. The average Bonchev–Trinajstić information content (AvgIpc) is 2.16. The summed E-state index contributed by atoms with van der Waals surface area (Å²) in [5.41, 5.74) is 9.05. The van der Waals surface area contributed by atoms with Gasteiger partial charge in [-0.25, -0.2) is 0 Å². The highest BCUT2D eigenvalue weighted by Gasteiger charge is 2.18. The third-order valence-corrected chi connectivity index (χ3v) is 2.71. The molecule has 0 aliphatic rings. The summed E-state index contributed by atoms with van der Waals surface area (Å²) in [6.07, 6.45) is 0.246. The second kappa shape index (κ2) is 4.58. The Morgan fingerprint density at radius 3 is 2.21 bits per heavy atom. The summed E-state index contributed by atoms with van der Waals surface area (Å²) in [6, 6.07) is 5.84. The average molecular weight is 193 g/mol. The van der Waals surface area contributed by atoms with Gasteiger partial charge in [0.05, 0.1) is 6.10 Å². The van der Waals surface area contributed by atoms with E-state index in [2.05, 4.69) is 0 Å². The molecule has 1 rings (SSSR count). The number of rotatable bonds is 3. The number of aryl methyl sites for hydroxylation is 2. The van der Waals surface area contributed by atoms with Gasteiger partial charge in [0, 0.05) is 6.04 Å². The standard InChI is InChI=1S/C12H19NO/c1-4-10(13)12(14)11-8(2)6-5-7-9(11)3/h5-7,10,12,14H,4,13H2,1-3H3. The maximum atomic E-state index is 10.0. The Morgan fingerprint density at radius 2 is 1.79 bits per heavy atom. The summed E-state index contributed by atoms with van der Waals surface area (Å²) in [5.74, 6) is 0. The van der Waals surface area contributed by atoms with Crippen LogP contribution in [0.25, 0.3) is 0 Å². The molecule has 1 aromatic carbocycles. The van der Waals surface area contributed by atoms with Crippen molar-refractivity contribution in [3.05, 3.63) is 34.9 Å². The first-order valence-electron chi connectivity index (χ1n) is 5.07. The zero-order valence-corrected chi connectivity index (χ0v) is 9.12. The number of benzene rings is 1. The quantitative estimate of drug-likeness (QED) is 0.772. The molecule has 78 valence electrons. The monoisotopic (exact) mass is 193 g/mol. The zero-order valence-electron chi connectivity index (χ0n) is 9.12.